The maximum absolute atomic E-state index is 12.3. The standard InChI is InChI=1S/C14H23N5O5S/c1-9-6-19(18-17-9)4-5-25-8-12(15-10(2)21)13(22)16-11(7-20)14(23)24-3/h6,11-12,20H,4-5,7-8H2,1-3H3,(H,15,21)(H,16,22)/t11-,12-/m0/s1. The summed E-state index contributed by atoms with van der Waals surface area (Å²) in [5.41, 5.74) is 0.818. The molecule has 0 spiro atoms. The quantitative estimate of drug-likeness (QED) is 0.332. The van der Waals surface area contributed by atoms with E-state index >= 15 is 0 Å². The second-order valence-electron chi connectivity index (χ2n) is 5.22. The Morgan fingerprint density at radius 1 is 1.36 bits per heavy atom. The number of aryl methyl sites for hydroxylation is 2. The molecule has 1 aromatic heterocycles. The first kappa shape index (κ1) is 20.9. The van der Waals surface area contributed by atoms with Crippen molar-refractivity contribution < 1.29 is 24.2 Å². The lowest BCUT2D eigenvalue weighted by molar-refractivity contribution is -0.146. The fraction of sp³-hybridized carbons (Fsp3) is 0.643. The van der Waals surface area contributed by atoms with Crippen LogP contribution in [-0.2, 0) is 25.7 Å². The van der Waals surface area contributed by atoms with Crippen molar-refractivity contribution in [3.05, 3.63) is 11.9 Å². The molecule has 25 heavy (non-hydrogen) atoms. The van der Waals surface area contributed by atoms with Crippen LogP contribution < -0.4 is 10.6 Å². The highest BCUT2D eigenvalue weighted by Crippen LogP contribution is 2.05. The molecule has 1 aromatic rings. The largest absolute Gasteiger partial charge is 0.467 e. The lowest BCUT2D eigenvalue weighted by atomic mass is 10.2. The Morgan fingerprint density at radius 3 is 2.60 bits per heavy atom. The van der Waals surface area contributed by atoms with Crippen LogP contribution in [-0.4, -0.2) is 75.2 Å². The molecule has 0 unspecified atom stereocenters. The van der Waals surface area contributed by atoms with E-state index in [9.17, 15) is 14.4 Å². The SMILES string of the molecule is COC(=O)[C@H](CO)NC(=O)[C@H](CSCCn1cc(C)nn1)NC(C)=O. The lowest BCUT2D eigenvalue weighted by Crippen LogP contribution is -2.53. The van der Waals surface area contributed by atoms with Crippen molar-refractivity contribution in [2.24, 2.45) is 0 Å². The van der Waals surface area contributed by atoms with Crippen molar-refractivity contribution in [1.29, 1.82) is 0 Å². The summed E-state index contributed by atoms with van der Waals surface area (Å²) in [6, 6.07) is -2.00. The average molecular weight is 373 g/mol. The monoisotopic (exact) mass is 373 g/mol. The summed E-state index contributed by atoms with van der Waals surface area (Å²) in [5, 5.41) is 21.9. The zero-order valence-electron chi connectivity index (χ0n) is 14.4. The van der Waals surface area contributed by atoms with Crippen molar-refractivity contribution in [2.75, 3.05) is 25.2 Å². The number of amides is 2. The number of esters is 1. The summed E-state index contributed by atoms with van der Waals surface area (Å²) in [4.78, 5) is 35.0. The number of thioether (sulfide) groups is 1. The van der Waals surface area contributed by atoms with E-state index in [1.54, 1.807) is 10.9 Å². The van der Waals surface area contributed by atoms with Crippen LogP contribution in [0.5, 0.6) is 0 Å². The summed E-state index contributed by atoms with van der Waals surface area (Å²) in [6.07, 6.45) is 1.81. The molecule has 0 aliphatic heterocycles. The highest BCUT2D eigenvalue weighted by Gasteiger charge is 2.26. The zero-order valence-corrected chi connectivity index (χ0v) is 15.2. The van der Waals surface area contributed by atoms with Gasteiger partial charge in [0, 0.05) is 24.6 Å². The normalized spacial score (nSPS) is 13.0. The molecule has 10 nitrogen and oxygen atoms in total. The Kier molecular flexibility index (Phi) is 8.92. The molecule has 0 aromatic carbocycles. The van der Waals surface area contributed by atoms with Gasteiger partial charge in [-0.15, -0.1) is 5.10 Å². The number of aromatic nitrogens is 3. The first-order valence-electron chi connectivity index (χ1n) is 7.58. The van der Waals surface area contributed by atoms with E-state index in [1.165, 1.54) is 18.7 Å². The highest BCUT2D eigenvalue weighted by atomic mass is 32.2. The first-order valence-corrected chi connectivity index (χ1v) is 8.73. The van der Waals surface area contributed by atoms with Gasteiger partial charge in [0.05, 0.1) is 26.0 Å². The number of hydrogen-bond acceptors (Lipinski definition) is 8. The number of aliphatic hydroxyl groups is 1. The van der Waals surface area contributed by atoms with Crippen LogP contribution in [0.25, 0.3) is 0 Å². The molecule has 0 fully saturated rings. The smallest absolute Gasteiger partial charge is 0.330 e. The summed E-state index contributed by atoms with van der Waals surface area (Å²) in [5.74, 6) is -0.730. The van der Waals surface area contributed by atoms with E-state index < -0.39 is 30.6 Å². The Hall–Kier alpha value is -2.14. The molecule has 2 amide bonds. The fourth-order valence-electron chi connectivity index (χ4n) is 1.89. The number of nitrogens with one attached hydrogen (secondary N) is 2. The van der Waals surface area contributed by atoms with Crippen molar-refractivity contribution in [1.82, 2.24) is 25.6 Å². The number of carbonyl (C=O) groups excluding carboxylic acids is 3. The van der Waals surface area contributed by atoms with Gasteiger partial charge in [-0.05, 0) is 6.92 Å². The van der Waals surface area contributed by atoms with Crippen molar-refractivity contribution in [2.45, 2.75) is 32.5 Å². The van der Waals surface area contributed by atoms with Crippen LogP contribution in [0.3, 0.4) is 0 Å². The summed E-state index contributed by atoms with van der Waals surface area (Å²) in [6.45, 7) is 3.16. The molecule has 0 saturated carbocycles. The van der Waals surface area contributed by atoms with Crippen LogP contribution in [0, 0.1) is 6.92 Å². The van der Waals surface area contributed by atoms with E-state index in [0.29, 0.717) is 18.1 Å². The van der Waals surface area contributed by atoms with Gasteiger partial charge in [-0.25, -0.2) is 4.79 Å². The number of aliphatic hydroxyl groups excluding tert-OH is 1. The minimum atomic E-state index is -1.17. The minimum Gasteiger partial charge on any atom is -0.467 e. The Bertz CT molecular complexity index is 594. The van der Waals surface area contributed by atoms with Crippen LogP contribution in [0.4, 0.5) is 0 Å². The highest BCUT2D eigenvalue weighted by molar-refractivity contribution is 7.99. The molecule has 0 saturated heterocycles. The average Bonchev–Trinajstić information content (AvgIpc) is 2.99. The Balaban J connectivity index is 2.52. The van der Waals surface area contributed by atoms with E-state index in [1.807, 2.05) is 6.92 Å². The molecule has 140 valence electrons. The molecule has 1 heterocycles. The molecule has 0 aliphatic carbocycles. The van der Waals surface area contributed by atoms with E-state index in [4.69, 9.17) is 5.11 Å². The number of ether oxygens (including phenoxy) is 1. The summed E-state index contributed by atoms with van der Waals surface area (Å²) >= 11 is 1.44. The number of methoxy groups -OCH3 is 1. The second-order valence-corrected chi connectivity index (χ2v) is 6.37. The van der Waals surface area contributed by atoms with Crippen LogP contribution in [0.2, 0.25) is 0 Å². The summed E-state index contributed by atoms with van der Waals surface area (Å²) < 4.78 is 6.18. The second kappa shape index (κ2) is 10.7. The van der Waals surface area contributed by atoms with Crippen LogP contribution in [0.15, 0.2) is 6.20 Å². The predicted octanol–water partition coefficient (Wildman–Crippen LogP) is -1.53. The van der Waals surface area contributed by atoms with Gasteiger partial charge in [0.2, 0.25) is 11.8 Å². The van der Waals surface area contributed by atoms with Gasteiger partial charge in [0.15, 0.2) is 6.04 Å². The Labute approximate surface area is 149 Å². The molecule has 1 rings (SSSR count). The first-order chi connectivity index (χ1) is 11.9. The topological polar surface area (TPSA) is 135 Å². The number of rotatable bonds is 10. The molecule has 0 aliphatic rings. The number of nitrogens with zero attached hydrogens (tertiary/aromatic N) is 3. The van der Waals surface area contributed by atoms with Crippen LogP contribution in [0.1, 0.15) is 12.6 Å². The fourth-order valence-corrected chi connectivity index (χ4v) is 2.84. The van der Waals surface area contributed by atoms with Crippen molar-refractivity contribution >= 4 is 29.5 Å². The van der Waals surface area contributed by atoms with E-state index in [0.717, 1.165) is 12.8 Å². The van der Waals surface area contributed by atoms with Gasteiger partial charge in [0.1, 0.15) is 6.04 Å². The maximum Gasteiger partial charge on any atom is 0.330 e. The van der Waals surface area contributed by atoms with E-state index in [2.05, 4.69) is 25.7 Å². The van der Waals surface area contributed by atoms with Crippen LogP contribution >= 0.6 is 11.8 Å². The molecule has 11 heteroatoms. The lowest BCUT2D eigenvalue weighted by Gasteiger charge is -2.20. The Morgan fingerprint density at radius 2 is 2.08 bits per heavy atom. The molecular weight excluding hydrogens is 350 g/mol. The molecule has 0 radical (unpaired) electrons. The molecule has 2 atom stereocenters. The van der Waals surface area contributed by atoms with Gasteiger partial charge in [-0.1, -0.05) is 5.21 Å². The molecule has 0 bridgehead atoms. The van der Waals surface area contributed by atoms with Gasteiger partial charge >= 0.3 is 5.97 Å². The predicted molar refractivity (Wildman–Crippen MR) is 90.7 cm³/mol. The molecular formula is C14H23N5O5S. The van der Waals surface area contributed by atoms with Gasteiger partial charge in [0.25, 0.3) is 0 Å². The maximum atomic E-state index is 12.3. The third-order valence-electron chi connectivity index (χ3n) is 3.08. The zero-order chi connectivity index (χ0) is 18.8. The van der Waals surface area contributed by atoms with Gasteiger partial charge < -0.3 is 20.5 Å². The van der Waals surface area contributed by atoms with E-state index in [-0.39, 0.29) is 5.91 Å². The van der Waals surface area contributed by atoms with Crippen molar-refractivity contribution in [3.63, 3.8) is 0 Å². The third-order valence-corrected chi connectivity index (χ3v) is 4.12. The molecule has 3 N–H and O–H groups in total. The summed E-state index contributed by atoms with van der Waals surface area (Å²) in [7, 11) is 1.16. The van der Waals surface area contributed by atoms with Gasteiger partial charge in [-0.3, -0.25) is 14.3 Å². The third kappa shape index (κ3) is 7.52. The number of hydrogen-bond donors (Lipinski definition) is 3. The minimum absolute atomic E-state index is 0.304. The van der Waals surface area contributed by atoms with Crippen molar-refractivity contribution in [3.8, 4) is 0 Å². The number of carbonyl (C=O) groups is 3. The van der Waals surface area contributed by atoms with Gasteiger partial charge in [-0.2, -0.15) is 11.8 Å².